The number of nitrogens with zero attached hydrogens (tertiary/aromatic N) is 4. The number of ether oxygens (including phenoxy) is 2. The molecule has 170 valence electrons. The SMILES string of the molecule is COc1ccc(-n2nc(-c3c(C)nc4c(OCc5ccccc5)cccn4c3=O)cc2C)cc1. The third-order valence-corrected chi connectivity index (χ3v) is 5.70. The molecular formula is C27H24N4O3. The Morgan fingerprint density at radius 2 is 1.71 bits per heavy atom. The van der Waals surface area contributed by atoms with Crippen LogP contribution in [-0.4, -0.2) is 26.3 Å². The normalized spacial score (nSPS) is 11.0. The molecule has 7 nitrogen and oxygen atoms in total. The number of methoxy groups -OCH3 is 1. The summed E-state index contributed by atoms with van der Waals surface area (Å²) in [5.41, 5.74) is 4.76. The van der Waals surface area contributed by atoms with Gasteiger partial charge >= 0.3 is 0 Å². The summed E-state index contributed by atoms with van der Waals surface area (Å²) in [5, 5.41) is 4.72. The topological polar surface area (TPSA) is 70.7 Å². The summed E-state index contributed by atoms with van der Waals surface area (Å²) in [7, 11) is 1.63. The highest BCUT2D eigenvalue weighted by molar-refractivity contribution is 5.65. The second-order valence-electron chi connectivity index (χ2n) is 8.00. The van der Waals surface area contributed by atoms with Crippen molar-refractivity contribution in [2.45, 2.75) is 20.5 Å². The van der Waals surface area contributed by atoms with Crippen LogP contribution in [-0.2, 0) is 6.61 Å². The number of pyridine rings is 1. The highest BCUT2D eigenvalue weighted by atomic mass is 16.5. The quantitative estimate of drug-likeness (QED) is 0.372. The Bertz CT molecular complexity index is 1520. The van der Waals surface area contributed by atoms with Crippen LogP contribution in [0.3, 0.4) is 0 Å². The Morgan fingerprint density at radius 1 is 0.941 bits per heavy atom. The fourth-order valence-electron chi connectivity index (χ4n) is 3.97. The summed E-state index contributed by atoms with van der Waals surface area (Å²) in [6.07, 6.45) is 1.70. The van der Waals surface area contributed by atoms with E-state index in [1.54, 1.807) is 19.4 Å². The molecule has 0 aliphatic carbocycles. The second-order valence-corrected chi connectivity index (χ2v) is 8.00. The molecule has 5 rings (SSSR count). The van der Waals surface area contributed by atoms with Crippen LogP contribution in [0.4, 0.5) is 0 Å². The molecule has 0 aliphatic heterocycles. The van der Waals surface area contributed by atoms with E-state index in [1.807, 2.05) is 85.3 Å². The predicted octanol–water partition coefficient (Wildman–Crippen LogP) is 4.75. The molecular weight excluding hydrogens is 428 g/mol. The average molecular weight is 453 g/mol. The van der Waals surface area contributed by atoms with Gasteiger partial charge in [-0.1, -0.05) is 30.3 Å². The van der Waals surface area contributed by atoms with Gasteiger partial charge in [0.25, 0.3) is 5.56 Å². The molecule has 0 bridgehead atoms. The molecule has 0 saturated heterocycles. The molecule has 0 N–H and O–H groups in total. The van der Waals surface area contributed by atoms with E-state index in [4.69, 9.17) is 19.6 Å². The zero-order chi connectivity index (χ0) is 23.7. The van der Waals surface area contributed by atoms with Gasteiger partial charge in [-0.05, 0) is 61.9 Å². The fourth-order valence-corrected chi connectivity index (χ4v) is 3.97. The first-order chi connectivity index (χ1) is 16.5. The van der Waals surface area contributed by atoms with Gasteiger partial charge in [0.1, 0.15) is 18.1 Å². The van der Waals surface area contributed by atoms with Crippen molar-refractivity contribution in [3.8, 4) is 28.4 Å². The van der Waals surface area contributed by atoms with Crippen LogP contribution in [0.15, 0.2) is 83.8 Å². The molecule has 0 radical (unpaired) electrons. The van der Waals surface area contributed by atoms with Gasteiger partial charge in [-0.15, -0.1) is 0 Å². The number of hydrogen-bond donors (Lipinski definition) is 0. The summed E-state index contributed by atoms with van der Waals surface area (Å²) >= 11 is 0. The highest BCUT2D eigenvalue weighted by Crippen LogP contribution is 2.25. The molecule has 0 aliphatic rings. The van der Waals surface area contributed by atoms with E-state index in [1.165, 1.54) is 4.40 Å². The van der Waals surface area contributed by atoms with Crippen molar-refractivity contribution < 1.29 is 9.47 Å². The van der Waals surface area contributed by atoms with Gasteiger partial charge in [-0.2, -0.15) is 5.10 Å². The molecule has 0 spiro atoms. The van der Waals surface area contributed by atoms with Crippen LogP contribution < -0.4 is 15.0 Å². The summed E-state index contributed by atoms with van der Waals surface area (Å²) < 4.78 is 14.6. The largest absolute Gasteiger partial charge is 0.497 e. The van der Waals surface area contributed by atoms with E-state index in [0.29, 0.717) is 35.0 Å². The first-order valence-electron chi connectivity index (χ1n) is 11.0. The number of hydrogen-bond acceptors (Lipinski definition) is 5. The Kier molecular flexibility index (Phi) is 5.59. The van der Waals surface area contributed by atoms with Gasteiger partial charge in [0, 0.05) is 11.9 Å². The molecule has 34 heavy (non-hydrogen) atoms. The van der Waals surface area contributed by atoms with Gasteiger partial charge in [0.15, 0.2) is 11.4 Å². The number of rotatable bonds is 6. The van der Waals surface area contributed by atoms with Crippen molar-refractivity contribution >= 4 is 5.65 Å². The van der Waals surface area contributed by atoms with E-state index in [9.17, 15) is 4.79 Å². The minimum atomic E-state index is -0.188. The molecule has 0 fully saturated rings. The molecule has 0 atom stereocenters. The van der Waals surface area contributed by atoms with Gasteiger partial charge in [-0.25, -0.2) is 9.67 Å². The number of benzene rings is 2. The lowest BCUT2D eigenvalue weighted by atomic mass is 10.1. The first-order valence-corrected chi connectivity index (χ1v) is 11.0. The van der Waals surface area contributed by atoms with E-state index in [2.05, 4.69) is 0 Å². The maximum atomic E-state index is 13.5. The Balaban J connectivity index is 1.54. The van der Waals surface area contributed by atoms with Gasteiger partial charge in [0.2, 0.25) is 0 Å². The predicted molar refractivity (Wildman–Crippen MR) is 131 cm³/mol. The molecule has 3 heterocycles. The monoisotopic (exact) mass is 452 g/mol. The summed E-state index contributed by atoms with van der Waals surface area (Å²) in [5.74, 6) is 1.32. The summed E-state index contributed by atoms with van der Waals surface area (Å²) in [4.78, 5) is 18.2. The molecule has 5 aromatic rings. The lowest BCUT2D eigenvalue weighted by molar-refractivity contribution is 0.308. The van der Waals surface area contributed by atoms with E-state index >= 15 is 0 Å². The van der Waals surface area contributed by atoms with Crippen LogP contribution in [0.25, 0.3) is 22.6 Å². The molecule has 0 saturated carbocycles. The Hall–Kier alpha value is -4.39. The Labute approximate surface area is 196 Å². The van der Waals surface area contributed by atoms with E-state index in [0.717, 1.165) is 22.7 Å². The zero-order valence-corrected chi connectivity index (χ0v) is 19.2. The van der Waals surface area contributed by atoms with Crippen LogP contribution in [0.1, 0.15) is 17.0 Å². The van der Waals surface area contributed by atoms with Crippen molar-refractivity contribution in [1.82, 2.24) is 19.2 Å². The van der Waals surface area contributed by atoms with E-state index in [-0.39, 0.29) is 5.56 Å². The van der Waals surface area contributed by atoms with Crippen molar-refractivity contribution in [1.29, 1.82) is 0 Å². The molecule has 0 amide bonds. The smallest absolute Gasteiger partial charge is 0.267 e. The number of aryl methyl sites for hydroxylation is 2. The van der Waals surface area contributed by atoms with Crippen LogP contribution in [0.5, 0.6) is 11.5 Å². The van der Waals surface area contributed by atoms with Crippen molar-refractivity contribution in [2.75, 3.05) is 7.11 Å². The third kappa shape index (κ3) is 3.92. The third-order valence-electron chi connectivity index (χ3n) is 5.70. The molecule has 7 heteroatoms. The lowest BCUT2D eigenvalue weighted by Crippen LogP contribution is -2.19. The Morgan fingerprint density at radius 3 is 2.44 bits per heavy atom. The van der Waals surface area contributed by atoms with Crippen LogP contribution in [0, 0.1) is 13.8 Å². The lowest BCUT2D eigenvalue weighted by Gasteiger charge is -2.11. The average Bonchev–Trinajstić information content (AvgIpc) is 3.24. The second kappa shape index (κ2) is 8.86. The van der Waals surface area contributed by atoms with Gasteiger partial charge in [-0.3, -0.25) is 9.20 Å². The zero-order valence-electron chi connectivity index (χ0n) is 19.2. The minimum Gasteiger partial charge on any atom is -0.497 e. The number of aromatic nitrogens is 4. The minimum absolute atomic E-state index is 0.188. The maximum absolute atomic E-state index is 13.5. The standard InChI is InChI=1S/C27H24N4O3/c1-18-16-23(29-31(18)21-11-13-22(33-3)14-12-21)25-19(2)28-26-24(10-7-15-30(26)27(25)32)34-17-20-8-5-4-6-9-20/h4-16H,17H2,1-3H3. The van der Waals surface area contributed by atoms with Gasteiger partial charge < -0.3 is 9.47 Å². The van der Waals surface area contributed by atoms with Gasteiger partial charge in [0.05, 0.1) is 24.1 Å². The molecule has 3 aromatic heterocycles. The first kappa shape index (κ1) is 21.5. The summed E-state index contributed by atoms with van der Waals surface area (Å²) in [6, 6.07) is 23.0. The fraction of sp³-hybridized carbons (Fsp3) is 0.148. The maximum Gasteiger partial charge on any atom is 0.267 e. The van der Waals surface area contributed by atoms with Crippen LogP contribution >= 0.6 is 0 Å². The van der Waals surface area contributed by atoms with Crippen LogP contribution in [0.2, 0.25) is 0 Å². The summed E-state index contributed by atoms with van der Waals surface area (Å²) in [6.45, 7) is 4.17. The highest BCUT2D eigenvalue weighted by Gasteiger charge is 2.18. The van der Waals surface area contributed by atoms with Crippen molar-refractivity contribution in [3.05, 3.63) is 106 Å². The number of fused-ring (bicyclic) bond motifs is 1. The van der Waals surface area contributed by atoms with Crippen molar-refractivity contribution in [2.24, 2.45) is 0 Å². The van der Waals surface area contributed by atoms with E-state index < -0.39 is 0 Å². The molecule has 0 unspecified atom stereocenters. The molecule has 2 aromatic carbocycles. The van der Waals surface area contributed by atoms with Crippen molar-refractivity contribution in [3.63, 3.8) is 0 Å².